The maximum atomic E-state index is 12.0. The Morgan fingerprint density at radius 2 is 1.94 bits per heavy atom. The van der Waals surface area contributed by atoms with Gasteiger partial charge in [0, 0.05) is 30.9 Å². The van der Waals surface area contributed by atoms with Crippen LogP contribution in [0.2, 0.25) is 0 Å². The molecule has 3 rings (SSSR count). The number of carbonyl (C=O) groups excluding carboxylic acids is 2. The number of aromatic nitrogens is 2. The standard InChI is InChI=1S/C21H29N5O.C4H6O/c1-16-7-6-10-19(11-16)26(15-27)20-18(12-23-21(22)24-20)14-25(2)13-17-8-4-3-5-9-17;1-3-4(2)5/h3-5,8-9,12,15-16,19H,6-7,10-11,13-14H2,1-2H3,(H2,22,23,24);3H,1H2,2H3. The Balaban J connectivity index is 0.000000654. The van der Waals surface area contributed by atoms with Crippen LogP contribution in [0, 0.1) is 5.92 Å². The number of hydrogen-bond acceptors (Lipinski definition) is 6. The molecule has 2 atom stereocenters. The average Bonchev–Trinajstić information content (AvgIpc) is 2.77. The maximum Gasteiger partial charge on any atom is 0.221 e. The molecule has 1 aromatic heterocycles. The summed E-state index contributed by atoms with van der Waals surface area (Å²) in [5.41, 5.74) is 8.02. The van der Waals surface area contributed by atoms with Gasteiger partial charge in [-0.15, -0.1) is 0 Å². The minimum absolute atomic E-state index is 0.0185. The van der Waals surface area contributed by atoms with Gasteiger partial charge in [-0.05, 0) is 44.4 Å². The van der Waals surface area contributed by atoms with Gasteiger partial charge in [-0.25, -0.2) is 4.98 Å². The van der Waals surface area contributed by atoms with Gasteiger partial charge in [0.25, 0.3) is 0 Å². The van der Waals surface area contributed by atoms with Crippen LogP contribution in [0.5, 0.6) is 0 Å². The summed E-state index contributed by atoms with van der Waals surface area (Å²) in [7, 11) is 2.06. The topological polar surface area (TPSA) is 92.4 Å². The number of nitrogens with two attached hydrogens (primary N) is 1. The van der Waals surface area contributed by atoms with Crippen molar-refractivity contribution in [3.05, 3.63) is 60.3 Å². The van der Waals surface area contributed by atoms with Gasteiger partial charge in [-0.2, -0.15) is 4.98 Å². The lowest BCUT2D eigenvalue weighted by Gasteiger charge is -2.34. The number of allylic oxidation sites excluding steroid dienone is 1. The number of rotatable bonds is 8. The number of carbonyl (C=O) groups is 2. The molecule has 0 saturated heterocycles. The Morgan fingerprint density at radius 1 is 1.25 bits per heavy atom. The lowest BCUT2D eigenvalue weighted by atomic mass is 9.86. The van der Waals surface area contributed by atoms with Crippen molar-refractivity contribution in [2.24, 2.45) is 5.92 Å². The maximum absolute atomic E-state index is 12.0. The lowest BCUT2D eigenvalue weighted by Crippen LogP contribution is -2.39. The molecule has 7 heteroatoms. The summed E-state index contributed by atoms with van der Waals surface area (Å²) in [6.07, 6.45) is 8.31. The number of nitrogen functional groups attached to an aromatic ring is 1. The summed E-state index contributed by atoms with van der Waals surface area (Å²) in [6, 6.07) is 10.5. The minimum atomic E-state index is 0.0185. The van der Waals surface area contributed by atoms with Crippen molar-refractivity contribution in [3.63, 3.8) is 0 Å². The molecule has 2 N–H and O–H groups in total. The molecule has 1 fully saturated rings. The largest absolute Gasteiger partial charge is 0.368 e. The van der Waals surface area contributed by atoms with Gasteiger partial charge >= 0.3 is 0 Å². The molecule has 1 aliphatic rings. The van der Waals surface area contributed by atoms with E-state index in [-0.39, 0.29) is 17.8 Å². The van der Waals surface area contributed by atoms with Crippen LogP contribution in [0.25, 0.3) is 0 Å². The van der Waals surface area contributed by atoms with Crippen LogP contribution in [0.3, 0.4) is 0 Å². The highest BCUT2D eigenvalue weighted by Crippen LogP contribution is 2.31. The second-order valence-corrected chi connectivity index (χ2v) is 8.49. The number of benzene rings is 1. The van der Waals surface area contributed by atoms with E-state index in [0.29, 0.717) is 18.3 Å². The van der Waals surface area contributed by atoms with Gasteiger partial charge in [0.2, 0.25) is 12.4 Å². The van der Waals surface area contributed by atoms with Crippen molar-refractivity contribution in [3.8, 4) is 0 Å². The van der Waals surface area contributed by atoms with E-state index in [1.54, 1.807) is 11.1 Å². The van der Waals surface area contributed by atoms with E-state index >= 15 is 0 Å². The van der Waals surface area contributed by atoms with E-state index in [1.165, 1.54) is 25.0 Å². The van der Waals surface area contributed by atoms with Crippen LogP contribution < -0.4 is 10.6 Å². The molecular weight excluding hydrogens is 402 g/mol. The first-order valence-electron chi connectivity index (χ1n) is 11.0. The second-order valence-electron chi connectivity index (χ2n) is 8.49. The summed E-state index contributed by atoms with van der Waals surface area (Å²) in [5, 5.41) is 0. The van der Waals surface area contributed by atoms with Crippen LogP contribution in [0.1, 0.15) is 50.7 Å². The molecule has 7 nitrogen and oxygen atoms in total. The van der Waals surface area contributed by atoms with Crippen LogP contribution in [-0.4, -0.2) is 40.2 Å². The molecule has 0 aliphatic heterocycles. The highest BCUT2D eigenvalue weighted by molar-refractivity contribution is 5.86. The summed E-state index contributed by atoms with van der Waals surface area (Å²) in [4.78, 5) is 34.2. The Kier molecular flexibility index (Phi) is 10.0. The molecule has 1 amide bonds. The smallest absolute Gasteiger partial charge is 0.221 e. The fourth-order valence-electron chi connectivity index (χ4n) is 3.95. The molecular formula is C25H35N5O2. The van der Waals surface area contributed by atoms with Gasteiger partial charge in [-0.1, -0.05) is 56.7 Å². The molecule has 2 unspecified atom stereocenters. The van der Waals surface area contributed by atoms with Gasteiger partial charge in [0.15, 0.2) is 5.78 Å². The normalized spacial score (nSPS) is 17.8. The van der Waals surface area contributed by atoms with Gasteiger partial charge in [0.05, 0.1) is 0 Å². The van der Waals surface area contributed by atoms with Crippen LogP contribution in [-0.2, 0) is 22.7 Å². The van der Waals surface area contributed by atoms with E-state index < -0.39 is 0 Å². The Labute approximate surface area is 191 Å². The third kappa shape index (κ3) is 7.89. The zero-order valence-corrected chi connectivity index (χ0v) is 19.4. The third-order valence-corrected chi connectivity index (χ3v) is 5.54. The first kappa shape index (κ1) is 25.2. The Bertz CT molecular complexity index is 887. The van der Waals surface area contributed by atoms with E-state index in [2.05, 4.69) is 47.6 Å². The van der Waals surface area contributed by atoms with Gasteiger partial charge < -0.3 is 5.73 Å². The molecule has 32 heavy (non-hydrogen) atoms. The average molecular weight is 438 g/mol. The number of hydrogen-bond donors (Lipinski definition) is 1. The zero-order chi connectivity index (χ0) is 23.5. The predicted molar refractivity (Wildman–Crippen MR) is 129 cm³/mol. The third-order valence-electron chi connectivity index (χ3n) is 5.54. The fourth-order valence-corrected chi connectivity index (χ4v) is 3.95. The fraction of sp³-hybridized carbons (Fsp3) is 0.440. The quantitative estimate of drug-likeness (QED) is 0.496. The van der Waals surface area contributed by atoms with Gasteiger partial charge in [0.1, 0.15) is 5.82 Å². The van der Waals surface area contributed by atoms with Crippen LogP contribution >= 0.6 is 0 Å². The summed E-state index contributed by atoms with van der Waals surface area (Å²) >= 11 is 0. The Hall–Kier alpha value is -3.06. The van der Waals surface area contributed by atoms with E-state index in [9.17, 15) is 9.59 Å². The highest BCUT2D eigenvalue weighted by Gasteiger charge is 2.27. The molecule has 1 aliphatic carbocycles. The van der Waals surface area contributed by atoms with Crippen LogP contribution in [0.15, 0.2) is 49.2 Å². The van der Waals surface area contributed by atoms with Crippen molar-refractivity contribution in [2.45, 2.75) is 58.7 Å². The van der Waals surface area contributed by atoms with Gasteiger partial charge in [-0.3, -0.25) is 19.4 Å². The predicted octanol–water partition coefficient (Wildman–Crippen LogP) is 3.99. The van der Waals surface area contributed by atoms with E-state index in [1.807, 2.05) is 18.2 Å². The second kappa shape index (κ2) is 12.7. The SMILES string of the molecule is C=CC(C)=O.CC1CCCC(N(C=O)c2nc(N)ncc2CN(C)Cc2ccccc2)C1. The molecule has 0 radical (unpaired) electrons. The highest BCUT2D eigenvalue weighted by atomic mass is 16.1. The van der Waals surface area contributed by atoms with E-state index in [0.717, 1.165) is 37.8 Å². The number of anilines is 2. The minimum Gasteiger partial charge on any atom is -0.368 e. The number of amides is 1. The van der Waals surface area contributed by atoms with Crippen LogP contribution in [0.4, 0.5) is 11.8 Å². The Morgan fingerprint density at radius 3 is 2.53 bits per heavy atom. The zero-order valence-electron chi connectivity index (χ0n) is 19.4. The van der Waals surface area contributed by atoms with Crippen molar-refractivity contribution >= 4 is 24.0 Å². The molecule has 1 saturated carbocycles. The number of ketones is 1. The molecule has 0 bridgehead atoms. The van der Waals surface area contributed by atoms with E-state index in [4.69, 9.17) is 5.73 Å². The van der Waals surface area contributed by atoms with Crippen molar-refractivity contribution < 1.29 is 9.59 Å². The first-order chi connectivity index (χ1) is 15.3. The van der Waals surface area contributed by atoms with Crippen molar-refractivity contribution in [1.29, 1.82) is 0 Å². The molecule has 172 valence electrons. The molecule has 2 aromatic rings. The molecule has 1 aromatic carbocycles. The summed E-state index contributed by atoms with van der Waals surface area (Å²) < 4.78 is 0. The summed E-state index contributed by atoms with van der Waals surface area (Å²) in [5.74, 6) is 1.49. The molecule has 1 heterocycles. The monoisotopic (exact) mass is 437 g/mol. The van der Waals surface area contributed by atoms with Crippen molar-refractivity contribution in [2.75, 3.05) is 17.7 Å². The number of nitrogens with zero attached hydrogens (tertiary/aromatic N) is 4. The first-order valence-corrected chi connectivity index (χ1v) is 11.0. The molecule has 0 spiro atoms. The summed E-state index contributed by atoms with van der Waals surface area (Å²) in [6.45, 7) is 8.39. The van der Waals surface area contributed by atoms with Crippen molar-refractivity contribution in [1.82, 2.24) is 14.9 Å². The lowest BCUT2D eigenvalue weighted by molar-refractivity contribution is -0.112.